The van der Waals surface area contributed by atoms with Crippen molar-refractivity contribution in [3.05, 3.63) is 35.1 Å². The van der Waals surface area contributed by atoms with E-state index in [1.54, 1.807) is 4.90 Å². The second kappa shape index (κ2) is 8.21. The van der Waals surface area contributed by atoms with Crippen molar-refractivity contribution in [1.29, 1.82) is 0 Å². The van der Waals surface area contributed by atoms with Crippen LogP contribution in [-0.4, -0.2) is 37.5 Å². The molecule has 0 radical (unpaired) electrons. The molecule has 1 N–H and O–H groups in total. The molecule has 0 amide bonds. The van der Waals surface area contributed by atoms with Crippen molar-refractivity contribution in [3.8, 4) is 0 Å². The van der Waals surface area contributed by atoms with Crippen LogP contribution < -0.4 is 5.32 Å². The molecule has 1 heterocycles. The monoisotopic (exact) mass is 362 g/mol. The van der Waals surface area contributed by atoms with Gasteiger partial charge in [-0.2, -0.15) is 13.2 Å². The van der Waals surface area contributed by atoms with Gasteiger partial charge in [0.05, 0.1) is 5.56 Å². The molecule has 1 aromatic rings. The fraction of sp³-hybridized carbons (Fsp3) is 0.571. The first-order chi connectivity index (χ1) is 10.3. The second-order valence-corrected chi connectivity index (χ2v) is 5.16. The van der Waals surface area contributed by atoms with E-state index in [2.05, 4.69) is 5.32 Å². The van der Waals surface area contributed by atoms with E-state index < -0.39 is 36.4 Å². The van der Waals surface area contributed by atoms with Crippen LogP contribution in [0.3, 0.4) is 0 Å². The molecule has 0 unspecified atom stereocenters. The maximum Gasteiger partial charge on any atom is 0.416 e. The summed E-state index contributed by atoms with van der Waals surface area (Å²) in [6.07, 6.45) is -8.24. The Morgan fingerprint density at radius 1 is 1.13 bits per heavy atom. The lowest BCUT2D eigenvalue weighted by Crippen LogP contribution is -2.45. The molecular weight excluding hydrogens is 346 g/mol. The Kier molecular flexibility index (Phi) is 7.16. The third-order valence-electron chi connectivity index (χ3n) is 3.67. The van der Waals surface area contributed by atoms with Gasteiger partial charge < -0.3 is 5.32 Å². The average Bonchev–Trinajstić information content (AvgIpc) is 2.45. The predicted octanol–water partition coefficient (Wildman–Crippen LogP) is 3.87. The molecule has 1 atom stereocenters. The Labute approximate surface area is 136 Å². The smallest absolute Gasteiger partial charge is 0.314 e. The van der Waals surface area contributed by atoms with E-state index in [-0.39, 0.29) is 18.0 Å². The van der Waals surface area contributed by atoms with Crippen molar-refractivity contribution < 1.29 is 26.3 Å². The Morgan fingerprint density at radius 3 is 2.26 bits per heavy atom. The average molecular weight is 363 g/mol. The minimum atomic E-state index is -4.79. The number of alkyl halides is 5. The summed E-state index contributed by atoms with van der Waals surface area (Å²) in [5.41, 5.74) is -1.48. The molecule has 2 nitrogen and oxygen atoms in total. The van der Waals surface area contributed by atoms with Crippen LogP contribution >= 0.6 is 12.4 Å². The van der Waals surface area contributed by atoms with Crippen LogP contribution in [0.4, 0.5) is 26.3 Å². The minimum Gasteiger partial charge on any atom is -0.314 e. The van der Waals surface area contributed by atoms with E-state index in [0.717, 1.165) is 12.1 Å². The molecule has 9 heteroatoms. The van der Waals surface area contributed by atoms with Crippen LogP contribution in [0, 0.1) is 5.82 Å². The maximum atomic E-state index is 13.2. The molecular formula is C14H17ClF6N2. The zero-order valence-corrected chi connectivity index (χ0v) is 12.9. The molecule has 1 aromatic carbocycles. The van der Waals surface area contributed by atoms with Crippen molar-refractivity contribution >= 4 is 12.4 Å². The van der Waals surface area contributed by atoms with Crippen molar-refractivity contribution in [2.45, 2.75) is 25.1 Å². The van der Waals surface area contributed by atoms with Gasteiger partial charge in [0, 0.05) is 38.6 Å². The SMILES string of the molecule is Cl.Fc1ccc([C@H](CC(F)F)N2CCNCC2)c(C(F)(F)F)c1. The number of hydrogen-bond donors (Lipinski definition) is 1. The summed E-state index contributed by atoms with van der Waals surface area (Å²) in [7, 11) is 0. The lowest BCUT2D eigenvalue weighted by atomic mass is 9.95. The first-order valence-electron chi connectivity index (χ1n) is 6.88. The molecule has 0 aromatic heterocycles. The van der Waals surface area contributed by atoms with E-state index in [4.69, 9.17) is 0 Å². The molecule has 0 aliphatic carbocycles. The molecule has 1 fully saturated rings. The highest BCUT2D eigenvalue weighted by molar-refractivity contribution is 5.85. The third kappa shape index (κ3) is 5.26. The highest BCUT2D eigenvalue weighted by Gasteiger charge is 2.38. The van der Waals surface area contributed by atoms with Gasteiger partial charge in [0.1, 0.15) is 5.82 Å². The molecule has 1 aliphatic rings. The lowest BCUT2D eigenvalue weighted by molar-refractivity contribution is -0.139. The molecule has 1 saturated heterocycles. The number of nitrogens with one attached hydrogen (secondary N) is 1. The van der Waals surface area contributed by atoms with E-state index in [0.29, 0.717) is 32.2 Å². The number of nitrogens with zero attached hydrogens (tertiary/aromatic N) is 1. The largest absolute Gasteiger partial charge is 0.416 e. The topological polar surface area (TPSA) is 15.3 Å². The van der Waals surface area contributed by atoms with E-state index in [1.807, 2.05) is 0 Å². The van der Waals surface area contributed by atoms with Crippen LogP contribution in [0.5, 0.6) is 0 Å². The number of rotatable bonds is 4. The Hall–Kier alpha value is -0.990. The van der Waals surface area contributed by atoms with Gasteiger partial charge in [0.15, 0.2) is 0 Å². The predicted molar refractivity (Wildman–Crippen MR) is 76.5 cm³/mol. The van der Waals surface area contributed by atoms with Gasteiger partial charge in [-0.05, 0) is 17.7 Å². The number of piperazine rings is 1. The van der Waals surface area contributed by atoms with Crippen LogP contribution in [-0.2, 0) is 6.18 Å². The molecule has 0 bridgehead atoms. The van der Waals surface area contributed by atoms with E-state index in [9.17, 15) is 26.3 Å². The number of halogens is 7. The number of hydrogen-bond acceptors (Lipinski definition) is 2. The highest BCUT2D eigenvalue weighted by atomic mass is 35.5. The Bertz CT molecular complexity index is 503. The first kappa shape index (κ1) is 20.1. The van der Waals surface area contributed by atoms with Gasteiger partial charge in [0.25, 0.3) is 0 Å². The molecule has 132 valence electrons. The Balaban J connectivity index is 0.00000264. The summed E-state index contributed by atoms with van der Waals surface area (Å²) in [6.45, 7) is 1.77. The zero-order valence-electron chi connectivity index (χ0n) is 12.0. The van der Waals surface area contributed by atoms with Gasteiger partial charge in [-0.3, -0.25) is 4.90 Å². The molecule has 0 spiro atoms. The lowest BCUT2D eigenvalue weighted by Gasteiger charge is -2.36. The first-order valence-corrected chi connectivity index (χ1v) is 6.88. The fourth-order valence-corrected chi connectivity index (χ4v) is 2.70. The highest BCUT2D eigenvalue weighted by Crippen LogP contribution is 2.38. The van der Waals surface area contributed by atoms with Gasteiger partial charge in [-0.15, -0.1) is 12.4 Å². The molecule has 0 saturated carbocycles. The van der Waals surface area contributed by atoms with Crippen LogP contribution in [0.2, 0.25) is 0 Å². The van der Waals surface area contributed by atoms with Crippen LogP contribution in [0.15, 0.2) is 18.2 Å². The van der Waals surface area contributed by atoms with Gasteiger partial charge >= 0.3 is 6.18 Å². The summed E-state index contributed by atoms with van der Waals surface area (Å²) < 4.78 is 78.2. The van der Waals surface area contributed by atoms with Crippen molar-refractivity contribution in [2.24, 2.45) is 0 Å². The standard InChI is InChI=1S/C14H16F6N2.ClH/c15-9-1-2-10(11(7-9)14(18,19)20)12(8-13(16)17)22-5-3-21-4-6-22;/h1-2,7,12-13,21H,3-6,8H2;1H/t12-;/m0./s1. The summed E-state index contributed by atoms with van der Waals surface area (Å²) in [4.78, 5) is 1.59. The minimum absolute atomic E-state index is 0. The second-order valence-electron chi connectivity index (χ2n) is 5.16. The fourth-order valence-electron chi connectivity index (χ4n) is 2.70. The zero-order chi connectivity index (χ0) is 16.3. The molecule has 23 heavy (non-hydrogen) atoms. The third-order valence-corrected chi connectivity index (χ3v) is 3.67. The van der Waals surface area contributed by atoms with Gasteiger partial charge in [0.2, 0.25) is 6.43 Å². The van der Waals surface area contributed by atoms with Crippen LogP contribution in [0.25, 0.3) is 0 Å². The van der Waals surface area contributed by atoms with E-state index >= 15 is 0 Å². The summed E-state index contributed by atoms with van der Waals surface area (Å²) >= 11 is 0. The number of benzene rings is 1. The maximum absolute atomic E-state index is 13.2. The van der Waals surface area contributed by atoms with E-state index in [1.165, 1.54) is 0 Å². The van der Waals surface area contributed by atoms with Gasteiger partial charge in [-0.25, -0.2) is 13.2 Å². The summed E-state index contributed by atoms with van der Waals surface area (Å²) in [5.74, 6) is -1.04. The van der Waals surface area contributed by atoms with Gasteiger partial charge in [-0.1, -0.05) is 6.07 Å². The normalized spacial score (nSPS) is 17.9. The summed E-state index contributed by atoms with van der Waals surface area (Å²) in [5, 5.41) is 3.02. The quantitative estimate of drug-likeness (QED) is 0.818. The Morgan fingerprint density at radius 2 is 1.74 bits per heavy atom. The van der Waals surface area contributed by atoms with Crippen molar-refractivity contribution in [3.63, 3.8) is 0 Å². The van der Waals surface area contributed by atoms with Crippen molar-refractivity contribution in [2.75, 3.05) is 26.2 Å². The molecule has 1 aliphatic heterocycles. The summed E-state index contributed by atoms with van der Waals surface area (Å²) in [6, 6.07) is 1.13. The van der Waals surface area contributed by atoms with Crippen LogP contribution in [0.1, 0.15) is 23.6 Å². The van der Waals surface area contributed by atoms with Crippen molar-refractivity contribution in [1.82, 2.24) is 10.2 Å². The molecule has 2 rings (SSSR count).